The van der Waals surface area contributed by atoms with Crippen molar-refractivity contribution in [2.45, 2.75) is 32.1 Å². The van der Waals surface area contributed by atoms with Crippen molar-refractivity contribution in [2.24, 2.45) is 0 Å². The van der Waals surface area contributed by atoms with Crippen molar-refractivity contribution in [3.63, 3.8) is 0 Å². The number of aryl methyl sites for hydroxylation is 2. The van der Waals surface area contributed by atoms with E-state index in [1.54, 1.807) is 12.4 Å². The summed E-state index contributed by atoms with van der Waals surface area (Å²) in [5, 5.41) is 4.65. The second-order valence-corrected chi connectivity index (χ2v) is 5.17. The molecule has 4 rings (SSSR count). The van der Waals surface area contributed by atoms with Crippen molar-refractivity contribution in [3.05, 3.63) is 42.0 Å². The number of nitrogens with zero attached hydrogens (tertiary/aromatic N) is 5. The van der Waals surface area contributed by atoms with E-state index in [-0.39, 0.29) is 0 Å². The molecular weight excluding hydrogens is 250 g/mol. The van der Waals surface area contributed by atoms with Gasteiger partial charge in [-0.05, 0) is 43.4 Å². The molecule has 0 fully saturated rings. The molecular formula is C15H15N5. The monoisotopic (exact) mass is 265 g/mol. The van der Waals surface area contributed by atoms with Gasteiger partial charge in [-0.25, -0.2) is 9.50 Å². The fourth-order valence-electron chi connectivity index (χ4n) is 2.80. The molecule has 0 N–H and O–H groups in total. The van der Waals surface area contributed by atoms with E-state index in [1.165, 1.54) is 30.5 Å². The zero-order valence-corrected chi connectivity index (χ0v) is 11.2. The van der Waals surface area contributed by atoms with Crippen LogP contribution in [0.4, 0.5) is 0 Å². The fraction of sp³-hybridized carbons (Fsp3) is 0.333. The summed E-state index contributed by atoms with van der Waals surface area (Å²) in [6.45, 7) is 0. The number of hydrogen-bond donors (Lipinski definition) is 0. The van der Waals surface area contributed by atoms with Gasteiger partial charge >= 0.3 is 0 Å². The summed E-state index contributed by atoms with van der Waals surface area (Å²) in [6.07, 6.45) is 11.4. The molecule has 3 aromatic rings. The Hall–Kier alpha value is -2.30. The molecule has 0 amide bonds. The average molecular weight is 265 g/mol. The van der Waals surface area contributed by atoms with Gasteiger partial charge in [-0.3, -0.25) is 4.98 Å². The van der Waals surface area contributed by atoms with Crippen LogP contribution in [0.2, 0.25) is 0 Å². The predicted octanol–water partition coefficient (Wildman–Crippen LogP) is 2.46. The van der Waals surface area contributed by atoms with Crippen LogP contribution in [-0.2, 0) is 12.8 Å². The Morgan fingerprint density at radius 3 is 2.75 bits per heavy atom. The molecule has 20 heavy (non-hydrogen) atoms. The highest BCUT2D eigenvalue weighted by atomic mass is 15.3. The topological polar surface area (TPSA) is 56.0 Å². The predicted molar refractivity (Wildman–Crippen MR) is 75.3 cm³/mol. The van der Waals surface area contributed by atoms with Crippen molar-refractivity contribution < 1.29 is 0 Å². The van der Waals surface area contributed by atoms with Crippen LogP contribution in [0.5, 0.6) is 0 Å². The first-order valence-corrected chi connectivity index (χ1v) is 7.06. The highest BCUT2D eigenvalue weighted by molar-refractivity contribution is 5.56. The van der Waals surface area contributed by atoms with Gasteiger partial charge < -0.3 is 0 Å². The van der Waals surface area contributed by atoms with Crippen molar-refractivity contribution in [1.82, 2.24) is 24.6 Å². The van der Waals surface area contributed by atoms with Gasteiger partial charge in [-0.2, -0.15) is 4.98 Å². The molecule has 0 atom stereocenters. The van der Waals surface area contributed by atoms with Gasteiger partial charge in [0, 0.05) is 24.2 Å². The number of hydrogen-bond acceptors (Lipinski definition) is 4. The van der Waals surface area contributed by atoms with Crippen molar-refractivity contribution in [1.29, 1.82) is 0 Å². The maximum atomic E-state index is 4.65. The minimum Gasteiger partial charge on any atom is -0.265 e. The highest BCUT2D eigenvalue weighted by Crippen LogP contribution is 2.22. The van der Waals surface area contributed by atoms with Crippen LogP contribution in [0.1, 0.15) is 30.5 Å². The molecule has 100 valence electrons. The molecule has 0 radical (unpaired) electrons. The van der Waals surface area contributed by atoms with E-state index >= 15 is 0 Å². The number of rotatable bonds is 1. The number of fused-ring (bicyclic) bond motifs is 3. The van der Waals surface area contributed by atoms with Crippen molar-refractivity contribution >= 4 is 5.78 Å². The SMILES string of the molecule is c1cc(-c2nc3ncc4c(n3n2)CCCCC4)ccn1. The molecule has 0 aliphatic heterocycles. The summed E-state index contributed by atoms with van der Waals surface area (Å²) in [6, 6.07) is 3.85. The van der Waals surface area contributed by atoms with Crippen LogP contribution < -0.4 is 0 Å². The molecule has 0 saturated heterocycles. The fourth-order valence-corrected chi connectivity index (χ4v) is 2.80. The quantitative estimate of drug-likeness (QED) is 0.634. The van der Waals surface area contributed by atoms with Crippen molar-refractivity contribution in [3.8, 4) is 11.4 Å². The molecule has 0 unspecified atom stereocenters. The average Bonchev–Trinajstić information content (AvgIpc) is 2.79. The molecule has 0 bridgehead atoms. The van der Waals surface area contributed by atoms with Gasteiger partial charge in [0.25, 0.3) is 5.78 Å². The minimum absolute atomic E-state index is 0.692. The third kappa shape index (κ3) is 1.86. The van der Waals surface area contributed by atoms with Crippen molar-refractivity contribution in [2.75, 3.05) is 0 Å². The third-order valence-corrected chi connectivity index (χ3v) is 3.85. The lowest BCUT2D eigenvalue weighted by Crippen LogP contribution is -2.04. The zero-order chi connectivity index (χ0) is 13.4. The van der Waals surface area contributed by atoms with Crippen LogP contribution in [0, 0.1) is 0 Å². The van der Waals surface area contributed by atoms with Gasteiger partial charge in [-0.15, -0.1) is 5.10 Å². The summed E-state index contributed by atoms with van der Waals surface area (Å²) in [7, 11) is 0. The molecule has 1 aliphatic rings. The molecule has 5 heteroatoms. The Morgan fingerprint density at radius 1 is 1.00 bits per heavy atom. The number of pyridine rings is 1. The van der Waals surface area contributed by atoms with E-state index in [0.717, 1.165) is 24.2 Å². The summed E-state index contributed by atoms with van der Waals surface area (Å²) in [4.78, 5) is 13.0. The lowest BCUT2D eigenvalue weighted by atomic mass is 10.1. The summed E-state index contributed by atoms with van der Waals surface area (Å²) in [5.74, 6) is 1.41. The molecule has 0 spiro atoms. The number of aromatic nitrogens is 5. The second kappa shape index (κ2) is 4.67. The van der Waals surface area contributed by atoms with Gasteiger partial charge in [0.1, 0.15) is 0 Å². The van der Waals surface area contributed by atoms with Crippen LogP contribution in [0.15, 0.2) is 30.7 Å². The van der Waals surface area contributed by atoms with Gasteiger partial charge in [-0.1, -0.05) is 6.42 Å². The standard InChI is InChI=1S/C15H15N5/c1-2-4-12-10-17-15-18-14(11-6-8-16-9-7-11)19-20(15)13(12)5-3-1/h6-10H,1-5H2. The lowest BCUT2D eigenvalue weighted by Gasteiger charge is -2.05. The maximum absolute atomic E-state index is 4.65. The summed E-state index contributed by atoms with van der Waals surface area (Å²) in [5.41, 5.74) is 3.58. The summed E-state index contributed by atoms with van der Waals surface area (Å²) >= 11 is 0. The Kier molecular flexibility index (Phi) is 2.69. The van der Waals surface area contributed by atoms with Gasteiger partial charge in [0.05, 0.1) is 5.69 Å². The van der Waals surface area contributed by atoms with Crippen LogP contribution in [0.25, 0.3) is 17.2 Å². The molecule has 5 nitrogen and oxygen atoms in total. The molecule has 3 heterocycles. The minimum atomic E-state index is 0.692. The van der Waals surface area contributed by atoms with Gasteiger partial charge in [0.15, 0.2) is 5.82 Å². The van der Waals surface area contributed by atoms with Crippen LogP contribution in [-0.4, -0.2) is 24.6 Å². The van der Waals surface area contributed by atoms with E-state index in [1.807, 2.05) is 22.8 Å². The van der Waals surface area contributed by atoms with E-state index < -0.39 is 0 Å². The molecule has 3 aromatic heterocycles. The molecule has 0 saturated carbocycles. The van der Waals surface area contributed by atoms with E-state index in [9.17, 15) is 0 Å². The van der Waals surface area contributed by atoms with Crippen LogP contribution >= 0.6 is 0 Å². The van der Waals surface area contributed by atoms with E-state index in [4.69, 9.17) is 0 Å². The van der Waals surface area contributed by atoms with E-state index in [2.05, 4.69) is 20.1 Å². The Balaban J connectivity index is 1.89. The normalized spacial score (nSPS) is 15.0. The zero-order valence-electron chi connectivity index (χ0n) is 11.2. The van der Waals surface area contributed by atoms with Gasteiger partial charge in [0.2, 0.25) is 0 Å². The Labute approximate surface area is 116 Å². The third-order valence-electron chi connectivity index (χ3n) is 3.85. The second-order valence-electron chi connectivity index (χ2n) is 5.17. The summed E-state index contributed by atoms with van der Waals surface area (Å²) < 4.78 is 1.93. The Bertz CT molecular complexity index is 748. The molecule has 1 aliphatic carbocycles. The largest absolute Gasteiger partial charge is 0.265 e. The lowest BCUT2D eigenvalue weighted by molar-refractivity contribution is 0.702. The first-order chi connectivity index (χ1) is 9.92. The van der Waals surface area contributed by atoms with Crippen LogP contribution in [0.3, 0.4) is 0 Å². The maximum Gasteiger partial charge on any atom is 0.252 e. The Morgan fingerprint density at radius 2 is 1.85 bits per heavy atom. The molecule has 0 aromatic carbocycles. The smallest absolute Gasteiger partial charge is 0.252 e. The first kappa shape index (κ1) is 11.5. The highest BCUT2D eigenvalue weighted by Gasteiger charge is 2.15. The van der Waals surface area contributed by atoms with E-state index in [0.29, 0.717) is 5.78 Å². The first-order valence-electron chi connectivity index (χ1n) is 7.06.